The lowest BCUT2D eigenvalue weighted by atomic mass is 10.2. The first kappa shape index (κ1) is 20.1. The van der Waals surface area contributed by atoms with Gasteiger partial charge in [0.2, 0.25) is 10.0 Å². The van der Waals surface area contributed by atoms with Crippen LogP contribution in [0.2, 0.25) is 5.02 Å². The van der Waals surface area contributed by atoms with Gasteiger partial charge in [0.1, 0.15) is 11.5 Å². The van der Waals surface area contributed by atoms with Gasteiger partial charge in [0.05, 0.1) is 11.4 Å². The van der Waals surface area contributed by atoms with E-state index in [-0.39, 0.29) is 25.8 Å². The Bertz CT molecular complexity index is 1110. The summed E-state index contributed by atoms with van der Waals surface area (Å²) in [5.74, 6) is -2.05. The molecular formula is C13H10ClF4N3O4S. The fourth-order valence-electron chi connectivity index (χ4n) is 2.20. The molecule has 0 spiro atoms. The largest absolute Gasteiger partial charge is 0.431 e. The third-order valence-electron chi connectivity index (χ3n) is 3.32. The number of halogens is 5. The molecule has 0 atom stereocenters. The SMILES string of the molecule is Cn1c(C(F)(F)F)cc(=O)n(-c2cc(CS(N)(=O)=O)c(Cl)cc2F)c1=O. The average Bonchev–Trinajstić information content (AvgIpc) is 2.45. The zero-order valence-electron chi connectivity index (χ0n) is 12.8. The lowest BCUT2D eigenvalue weighted by Crippen LogP contribution is -2.41. The topological polar surface area (TPSA) is 104 Å². The Morgan fingerprint density at radius 3 is 2.27 bits per heavy atom. The second-order valence-corrected chi connectivity index (χ2v) is 7.27. The van der Waals surface area contributed by atoms with E-state index in [9.17, 15) is 35.6 Å². The highest BCUT2D eigenvalue weighted by Gasteiger charge is 2.35. The quantitative estimate of drug-likeness (QED) is 0.759. The van der Waals surface area contributed by atoms with Crippen molar-refractivity contribution < 1.29 is 26.0 Å². The highest BCUT2D eigenvalue weighted by molar-refractivity contribution is 7.88. The molecule has 1 aromatic heterocycles. The van der Waals surface area contributed by atoms with E-state index in [0.717, 1.165) is 13.1 Å². The van der Waals surface area contributed by atoms with Gasteiger partial charge in [-0.05, 0) is 17.7 Å². The van der Waals surface area contributed by atoms with E-state index in [2.05, 4.69) is 0 Å². The predicted molar refractivity (Wildman–Crippen MR) is 84.1 cm³/mol. The van der Waals surface area contributed by atoms with E-state index in [1.807, 2.05) is 0 Å². The number of primary sulfonamides is 1. The number of hydrogen-bond acceptors (Lipinski definition) is 4. The molecule has 13 heteroatoms. The summed E-state index contributed by atoms with van der Waals surface area (Å²) in [5, 5.41) is 4.53. The van der Waals surface area contributed by atoms with Crippen LogP contribution >= 0.6 is 11.6 Å². The Labute approximate surface area is 148 Å². The van der Waals surface area contributed by atoms with Crippen LogP contribution in [0.5, 0.6) is 0 Å². The Balaban J connectivity index is 2.82. The molecule has 0 aliphatic rings. The van der Waals surface area contributed by atoms with Crippen LogP contribution < -0.4 is 16.4 Å². The monoisotopic (exact) mass is 415 g/mol. The van der Waals surface area contributed by atoms with Gasteiger partial charge in [0.15, 0.2) is 0 Å². The second kappa shape index (κ2) is 6.52. The Morgan fingerprint density at radius 2 is 1.77 bits per heavy atom. The fourth-order valence-corrected chi connectivity index (χ4v) is 3.17. The van der Waals surface area contributed by atoms with Crippen LogP contribution in [0.1, 0.15) is 11.3 Å². The highest BCUT2D eigenvalue weighted by Crippen LogP contribution is 2.27. The second-order valence-electron chi connectivity index (χ2n) is 5.24. The van der Waals surface area contributed by atoms with Crippen LogP contribution in [0, 0.1) is 5.82 Å². The summed E-state index contributed by atoms with van der Waals surface area (Å²) in [7, 11) is -3.34. The van der Waals surface area contributed by atoms with Gasteiger partial charge in [0, 0.05) is 18.1 Å². The maximum atomic E-state index is 14.2. The third-order valence-corrected chi connectivity index (χ3v) is 4.39. The van der Waals surface area contributed by atoms with Crippen molar-refractivity contribution in [2.24, 2.45) is 12.2 Å². The van der Waals surface area contributed by atoms with Crippen LogP contribution in [0.3, 0.4) is 0 Å². The Hall–Kier alpha value is -2.18. The maximum absolute atomic E-state index is 14.2. The normalized spacial score (nSPS) is 12.4. The summed E-state index contributed by atoms with van der Waals surface area (Å²) < 4.78 is 75.4. The molecule has 0 bridgehead atoms. The first-order valence-electron chi connectivity index (χ1n) is 6.61. The minimum atomic E-state index is -4.98. The summed E-state index contributed by atoms with van der Waals surface area (Å²) in [6, 6.07) is 1.51. The Kier molecular flexibility index (Phi) is 5.05. The lowest BCUT2D eigenvalue weighted by molar-refractivity contribution is -0.144. The molecule has 0 aliphatic heterocycles. The van der Waals surface area contributed by atoms with E-state index in [4.69, 9.17) is 16.7 Å². The van der Waals surface area contributed by atoms with E-state index in [1.54, 1.807) is 0 Å². The number of aromatic nitrogens is 2. The summed E-state index contributed by atoms with van der Waals surface area (Å²) in [4.78, 5) is 24.2. The Morgan fingerprint density at radius 1 is 1.19 bits per heavy atom. The van der Waals surface area contributed by atoms with Crippen LogP contribution in [0.4, 0.5) is 17.6 Å². The molecule has 2 rings (SSSR count). The highest BCUT2D eigenvalue weighted by atomic mass is 35.5. The van der Waals surface area contributed by atoms with Gasteiger partial charge < -0.3 is 0 Å². The zero-order chi connectivity index (χ0) is 20.0. The molecule has 1 aromatic carbocycles. The van der Waals surface area contributed by atoms with Gasteiger partial charge in [-0.15, -0.1) is 0 Å². The lowest BCUT2D eigenvalue weighted by Gasteiger charge is -2.15. The van der Waals surface area contributed by atoms with E-state index >= 15 is 0 Å². The average molecular weight is 416 g/mol. The first-order chi connectivity index (χ1) is 11.7. The van der Waals surface area contributed by atoms with Crippen molar-refractivity contribution in [3.8, 4) is 5.69 Å². The van der Waals surface area contributed by atoms with Gasteiger partial charge in [-0.2, -0.15) is 13.2 Å². The molecule has 142 valence electrons. The van der Waals surface area contributed by atoms with E-state index in [0.29, 0.717) is 6.07 Å². The first-order valence-corrected chi connectivity index (χ1v) is 8.71. The van der Waals surface area contributed by atoms with Crippen molar-refractivity contribution in [3.05, 3.63) is 61.1 Å². The summed E-state index contributed by atoms with van der Waals surface area (Å²) in [6.45, 7) is 0. The molecule has 0 amide bonds. The van der Waals surface area contributed by atoms with Crippen molar-refractivity contribution in [2.45, 2.75) is 11.9 Å². The number of alkyl halides is 3. The summed E-state index contributed by atoms with van der Waals surface area (Å²) >= 11 is 5.71. The molecule has 7 nitrogen and oxygen atoms in total. The molecule has 0 saturated heterocycles. The van der Waals surface area contributed by atoms with Crippen LogP contribution in [0.15, 0.2) is 27.8 Å². The number of nitrogens with two attached hydrogens (primary N) is 1. The molecule has 0 fully saturated rings. The number of rotatable bonds is 3. The van der Waals surface area contributed by atoms with Crippen molar-refractivity contribution in [3.63, 3.8) is 0 Å². The molecule has 1 heterocycles. The summed E-state index contributed by atoms with van der Waals surface area (Å²) in [6.07, 6.45) is -4.98. The number of nitrogens with zero attached hydrogens (tertiary/aromatic N) is 2. The number of benzene rings is 1. The van der Waals surface area contributed by atoms with Crippen LogP contribution in [-0.2, 0) is 29.0 Å². The van der Waals surface area contributed by atoms with Crippen LogP contribution in [0.25, 0.3) is 5.69 Å². The predicted octanol–water partition coefficient (Wildman–Crippen LogP) is 1.14. The third kappa shape index (κ3) is 3.97. The molecular weight excluding hydrogens is 406 g/mol. The van der Waals surface area contributed by atoms with Gasteiger partial charge in [-0.3, -0.25) is 9.36 Å². The fraction of sp³-hybridized carbons (Fsp3) is 0.231. The molecule has 26 heavy (non-hydrogen) atoms. The van der Waals surface area contributed by atoms with Crippen molar-refractivity contribution in [1.82, 2.24) is 9.13 Å². The molecule has 0 unspecified atom stereocenters. The van der Waals surface area contributed by atoms with E-state index in [1.165, 1.54) is 0 Å². The van der Waals surface area contributed by atoms with Gasteiger partial charge in [-0.25, -0.2) is 27.3 Å². The molecule has 2 aromatic rings. The minimum Gasteiger partial charge on any atom is -0.292 e. The number of hydrogen-bond donors (Lipinski definition) is 1. The van der Waals surface area contributed by atoms with Crippen molar-refractivity contribution in [1.29, 1.82) is 0 Å². The van der Waals surface area contributed by atoms with Crippen molar-refractivity contribution in [2.75, 3.05) is 0 Å². The van der Waals surface area contributed by atoms with Gasteiger partial charge in [0.25, 0.3) is 5.56 Å². The maximum Gasteiger partial charge on any atom is 0.431 e. The van der Waals surface area contributed by atoms with Gasteiger partial charge in [-0.1, -0.05) is 11.6 Å². The van der Waals surface area contributed by atoms with E-state index < -0.39 is 50.4 Å². The standard InChI is InChI=1S/C13H10ClF4N3O4S/c1-20-10(13(16,17)18)4-11(22)21(12(20)23)9-2-6(5-26(19,24)25)7(14)3-8(9)15/h2-4H,5H2,1H3,(H2,19,24,25). The molecule has 0 radical (unpaired) electrons. The smallest absolute Gasteiger partial charge is 0.292 e. The molecule has 0 saturated carbocycles. The number of sulfonamides is 1. The van der Waals surface area contributed by atoms with Gasteiger partial charge >= 0.3 is 11.9 Å². The summed E-state index contributed by atoms with van der Waals surface area (Å²) in [5.41, 5.74) is -5.45. The molecule has 2 N–H and O–H groups in total. The minimum absolute atomic E-state index is 0.120. The van der Waals surface area contributed by atoms with Crippen molar-refractivity contribution >= 4 is 21.6 Å². The zero-order valence-corrected chi connectivity index (χ0v) is 14.4. The molecule has 0 aliphatic carbocycles. The van der Waals surface area contributed by atoms with Crippen LogP contribution in [-0.4, -0.2) is 17.6 Å².